The number of aromatic nitrogens is 1. The van der Waals surface area contributed by atoms with Crippen LogP contribution in [0.5, 0.6) is 0 Å². The maximum atomic E-state index is 11.5. The minimum absolute atomic E-state index is 0.149. The Morgan fingerprint density at radius 2 is 2.12 bits per heavy atom. The summed E-state index contributed by atoms with van der Waals surface area (Å²) < 4.78 is 0. The van der Waals surface area contributed by atoms with Crippen LogP contribution in [-0.2, 0) is 0 Å². The van der Waals surface area contributed by atoms with Gasteiger partial charge in [-0.25, -0.2) is 4.79 Å². The standard InChI is InChI=1S/C11H8ClNO3/c1-5-3-2-4-6-7(11(15)16)8(12)10(14)13-9(5)6/h2-4H,1H3,(H,13,14)(H,15,16). The third-order valence-corrected chi connectivity index (χ3v) is 2.77. The van der Waals surface area contributed by atoms with Crippen LogP contribution in [0.15, 0.2) is 23.0 Å². The Balaban J connectivity index is 3.07. The molecular formula is C11H8ClNO3. The topological polar surface area (TPSA) is 70.2 Å². The van der Waals surface area contributed by atoms with Gasteiger partial charge in [0.05, 0.1) is 11.1 Å². The minimum Gasteiger partial charge on any atom is -0.478 e. The van der Waals surface area contributed by atoms with Gasteiger partial charge >= 0.3 is 5.97 Å². The highest BCUT2D eigenvalue weighted by Gasteiger charge is 2.17. The molecule has 0 unspecified atom stereocenters. The Morgan fingerprint density at radius 1 is 1.44 bits per heavy atom. The normalized spacial score (nSPS) is 10.6. The quantitative estimate of drug-likeness (QED) is 0.799. The third-order valence-electron chi connectivity index (χ3n) is 2.41. The van der Waals surface area contributed by atoms with E-state index >= 15 is 0 Å². The number of para-hydroxylation sites is 1. The fourth-order valence-electron chi connectivity index (χ4n) is 1.65. The average Bonchev–Trinajstić information content (AvgIpc) is 2.21. The maximum Gasteiger partial charge on any atom is 0.338 e. The molecular weight excluding hydrogens is 230 g/mol. The highest BCUT2D eigenvalue weighted by Crippen LogP contribution is 2.23. The van der Waals surface area contributed by atoms with E-state index in [0.717, 1.165) is 5.56 Å². The second-order valence-corrected chi connectivity index (χ2v) is 3.82. The molecule has 82 valence electrons. The molecule has 0 saturated heterocycles. The van der Waals surface area contributed by atoms with E-state index in [1.54, 1.807) is 25.1 Å². The summed E-state index contributed by atoms with van der Waals surface area (Å²) in [5, 5.41) is 9.20. The van der Waals surface area contributed by atoms with E-state index < -0.39 is 11.5 Å². The molecule has 1 heterocycles. The van der Waals surface area contributed by atoms with Crippen LogP contribution in [0, 0.1) is 6.92 Å². The number of carbonyl (C=O) groups is 1. The van der Waals surface area contributed by atoms with Crippen LogP contribution < -0.4 is 5.56 Å². The van der Waals surface area contributed by atoms with Gasteiger partial charge < -0.3 is 10.1 Å². The van der Waals surface area contributed by atoms with Gasteiger partial charge in [0.15, 0.2) is 0 Å². The Bertz CT molecular complexity index is 645. The van der Waals surface area contributed by atoms with Gasteiger partial charge in [0.1, 0.15) is 5.02 Å². The number of H-pyrrole nitrogens is 1. The summed E-state index contributed by atoms with van der Waals surface area (Å²) in [4.78, 5) is 25.1. The van der Waals surface area contributed by atoms with Crippen LogP contribution in [-0.4, -0.2) is 16.1 Å². The first-order valence-electron chi connectivity index (χ1n) is 4.56. The van der Waals surface area contributed by atoms with Crippen LogP contribution in [0.25, 0.3) is 10.9 Å². The molecule has 0 radical (unpaired) electrons. The zero-order valence-electron chi connectivity index (χ0n) is 8.37. The van der Waals surface area contributed by atoms with Gasteiger partial charge in [-0.15, -0.1) is 0 Å². The molecule has 0 atom stereocenters. The molecule has 0 bridgehead atoms. The molecule has 4 nitrogen and oxygen atoms in total. The molecule has 2 rings (SSSR count). The van der Waals surface area contributed by atoms with Crippen molar-refractivity contribution in [1.82, 2.24) is 4.98 Å². The first-order chi connectivity index (χ1) is 7.52. The number of carboxylic acids is 1. The second-order valence-electron chi connectivity index (χ2n) is 3.45. The van der Waals surface area contributed by atoms with E-state index in [2.05, 4.69) is 4.98 Å². The molecule has 16 heavy (non-hydrogen) atoms. The van der Waals surface area contributed by atoms with Crippen LogP contribution >= 0.6 is 11.6 Å². The van der Waals surface area contributed by atoms with Gasteiger partial charge in [0.2, 0.25) is 0 Å². The van der Waals surface area contributed by atoms with Crippen LogP contribution in [0.2, 0.25) is 5.02 Å². The number of halogens is 1. The molecule has 2 N–H and O–H groups in total. The van der Waals surface area contributed by atoms with Crippen LogP contribution in [0.1, 0.15) is 15.9 Å². The van der Waals surface area contributed by atoms with Gasteiger partial charge in [0, 0.05) is 5.39 Å². The lowest BCUT2D eigenvalue weighted by Gasteiger charge is -2.06. The smallest absolute Gasteiger partial charge is 0.338 e. The number of fused-ring (bicyclic) bond motifs is 1. The molecule has 0 aliphatic heterocycles. The number of rotatable bonds is 1. The molecule has 0 aliphatic carbocycles. The Labute approximate surface area is 95.5 Å². The second kappa shape index (κ2) is 3.64. The Hall–Kier alpha value is -1.81. The summed E-state index contributed by atoms with van der Waals surface area (Å²) in [6.07, 6.45) is 0. The average molecular weight is 238 g/mol. The summed E-state index contributed by atoms with van der Waals surface area (Å²) in [5.41, 5.74) is 0.577. The number of nitrogens with one attached hydrogen (secondary N) is 1. The summed E-state index contributed by atoms with van der Waals surface area (Å²) in [6.45, 7) is 1.79. The van der Waals surface area contributed by atoms with Crippen molar-refractivity contribution < 1.29 is 9.90 Å². The van der Waals surface area contributed by atoms with E-state index in [4.69, 9.17) is 16.7 Å². The molecule has 0 saturated carbocycles. The fraction of sp³-hybridized carbons (Fsp3) is 0.0909. The highest BCUT2D eigenvalue weighted by molar-refractivity contribution is 6.34. The van der Waals surface area contributed by atoms with Gasteiger partial charge in [-0.2, -0.15) is 0 Å². The number of hydrogen-bond donors (Lipinski definition) is 2. The van der Waals surface area contributed by atoms with E-state index in [-0.39, 0.29) is 10.6 Å². The van der Waals surface area contributed by atoms with Gasteiger partial charge in [0.25, 0.3) is 5.56 Å². The molecule has 0 fully saturated rings. The number of aryl methyl sites for hydroxylation is 1. The summed E-state index contributed by atoms with van der Waals surface area (Å²) >= 11 is 5.69. The highest BCUT2D eigenvalue weighted by atomic mass is 35.5. The summed E-state index contributed by atoms with van der Waals surface area (Å²) in [5.74, 6) is -1.20. The minimum atomic E-state index is -1.20. The molecule has 0 aliphatic rings. The van der Waals surface area contributed by atoms with Crippen molar-refractivity contribution in [3.63, 3.8) is 0 Å². The SMILES string of the molecule is Cc1cccc2c(C(=O)O)c(Cl)c(=O)[nH]c12. The van der Waals surface area contributed by atoms with Crippen LogP contribution in [0.3, 0.4) is 0 Å². The van der Waals surface area contributed by atoms with Crippen molar-refractivity contribution in [1.29, 1.82) is 0 Å². The number of aromatic carboxylic acids is 1. The number of pyridine rings is 1. The molecule has 2 aromatic rings. The van der Waals surface area contributed by atoms with Crippen LogP contribution in [0.4, 0.5) is 0 Å². The molecule has 5 heteroatoms. The number of aromatic amines is 1. The number of hydrogen-bond acceptors (Lipinski definition) is 2. The van der Waals surface area contributed by atoms with E-state index in [0.29, 0.717) is 10.9 Å². The maximum absolute atomic E-state index is 11.5. The lowest BCUT2D eigenvalue weighted by atomic mass is 10.1. The molecule has 1 aromatic carbocycles. The van der Waals surface area contributed by atoms with Gasteiger partial charge in [-0.1, -0.05) is 29.8 Å². The van der Waals surface area contributed by atoms with Crippen molar-refractivity contribution >= 4 is 28.5 Å². The van der Waals surface area contributed by atoms with E-state index in [1.165, 1.54) is 0 Å². The first-order valence-corrected chi connectivity index (χ1v) is 4.94. The van der Waals surface area contributed by atoms with Crippen molar-refractivity contribution in [3.05, 3.63) is 44.7 Å². The monoisotopic (exact) mass is 237 g/mol. The number of carboxylic acid groups (broad SMARTS) is 1. The Kier molecular flexibility index (Phi) is 2.44. The van der Waals surface area contributed by atoms with Crippen molar-refractivity contribution in [2.24, 2.45) is 0 Å². The lowest BCUT2D eigenvalue weighted by molar-refractivity contribution is 0.0699. The number of benzene rings is 1. The van der Waals surface area contributed by atoms with Crippen molar-refractivity contribution in [2.45, 2.75) is 6.92 Å². The van der Waals surface area contributed by atoms with Crippen molar-refractivity contribution in [3.8, 4) is 0 Å². The van der Waals surface area contributed by atoms with Crippen molar-refractivity contribution in [2.75, 3.05) is 0 Å². The molecule has 0 amide bonds. The summed E-state index contributed by atoms with van der Waals surface area (Å²) in [6, 6.07) is 5.13. The predicted octanol–water partition coefficient (Wildman–Crippen LogP) is 2.19. The zero-order valence-corrected chi connectivity index (χ0v) is 9.13. The Morgan fingerprint density at radius 3 is 2.75 bits per heavy atom. The predicted molar refractivity (Wildman–Crippen MR) is 61.3 cm³/mol. The van der Waals surface area contributed by atoms with Gasteiger partial charge in [-0.05, 0) is 12.5 Å². The van der Waals surface area contributed by atoms with E-state index in [1.807, 2.05) is 0 Å². The fourth-order valence-corrected chi connectivity index (χ4v) is 1.88. The lowest BCUT2D eigenvalue weighted by Crippen LogP contribution is -2.13. The largest absolute Gasteiger partial charge is 0.478 e. The molecule has 0 spiro atoms. The summed E-state index contributed by atoms with van der Waals surface area (Å²) in [7, 11) is 0. The van der Waals surface area contributed by atoms with E-state index in [9.17, 15) is 9.59 Å². The third kappa shape index (κ3) is 1.47. The first kappa shape index (κ1) is 10.7. The zero-order chi connectivity index (χ0) is 11.9. The molecule has 1 aromatic heterocycles. The van der Waals surface area contributed by atoms with Gasteiger partial charge in [-0.3, -0.25) is 4.79 Å².